The SMILES string of the molecule is CC1(C)CC=CC(C(N)=O)=N1. The molecule has 0 saturated carbocycles. The summed E-state index contributed by atoms with van der Waals surface area (Å²) in [7, 11) is 0. The molecule has 1 aliphatic rings. The fraction of sp³-hybridized carbons (Fsp3) is 0.500. The van der Waals surface area contributed by atoms with Crippen molar-refractivity contribution in [2.24, 2.45) is 10.7 Å². The third kappa shape index (κ3) is 1.90. The summed E-state index contributed by atoms with van der Waals surface area (Å²) in [5.41, 5.74) is 5.28. The highest BCUT2D eigenvalue weighted by atomic mass is 16.1. The lowest BCUT2D eigenvalue weighted by Gasteiger charge is -2.21. The summed E-state index contributed by atoms with van der Waals surface area (Å²) in [6.07, 6.45) is 4.46. The van der Waals surface area contributed by atoms with Crippen molar-refractivity contribution in [1.29, 1.82) is 0 Å². The first-order chi connectivity index (χ1) is 5.01. The van der Waals surface area contributed by atoms with Crippen molar-refractivity contribution in [2.75, 3.05) is 0 Å². The lowest BCUT2D eigenvalue weighted by atomic mass is 9.98. The molecule has 1 amide bonds. The molecule has 3 heteroatoms. The van der Waals surface area contributed by atoms with Gasteiger partial charge >= 0.3 is 0 Å². The maximum atomic E-state index is 10.7. The van der Waals surface area contributed by atoms with Crippen LogP contribution in [0.1, 0.15) is 20.3 Å². The molecule has 1 rings (SSSR count). The largest absolute Gasteiger partial charge is 0.364 e. The van der Waals surface area contributed by atoms with E-state index in [0.717, 1.165) is 6.42 Å². The van der Waals surface area contributed by atoms with Gasteiger partial charge in [-0.25, -0.2) is 0 Å². The summed E-state index contributed by atoms with van der Waals surface area (Å²) in [4.78, 5) is 14.9. The Balaban J connectivity index is 2.89. The van der Waals surface area contributed by atoms with Crippen LogP contribution in [0.25, 0.3) is 0 Å². The van der Waals surface area contributed by atoms with E-state index in [1.165, 1.54) is 0 Å². The van der Waals surface area contributed by atoms with Crippen molar-refractivity contribution in [2.45, 2.75) is 25.8 Å². The first kappa shape index (κ1) is 7.98. The molecule has 1 aliphatic heterocycles. The normalized spacial score (nSPS) is 21.1. The number of nitrogens with zero attached hydrogens (tertiary/aromatic N) is 1. The molecule has 60 valence electrons. The third-order valence-corrected chi connectivity index (χ3v) is 1.57. The van der Waals surface area contributed by atoms with Crippen LogP contribution in [-0.4, -0.2) is 17.2 Å². The molecule has 0 aromatic carbocycles. The molecule has 3 nitrogen and oxygen atoms in total. The van der Waals surface area contributed by atoms with E-state index in [2.05, 4.69) is 4.99 Å². The summed E-state index contributed by atoms with van der Waals surface area (Å²) in [5.74, 6) is -0.450. The van der Waals surface area contributed by atoms with Gasteiger partial charge in [0.15, 0.2) is 0 Å². The molecule has 0 radical (unpaired) electrons. The predicted molar refractivity (Wildman–Crippen MR) is 44.5 cm³/mol. The molecule has 1 heterocycles. The van der Waals surface area contributed by atoms with E-state index in [1.807, 2.05) is 19.9 Å². The van der Waals surface area contributed by atoms with E-state index in [1.54, 1.807) is 6.08 Å². The third-order valence-electron chi connectivity index (χ3n) is 1.57. The first-order valence-corrected chi connectivity index (χ1v) is 3.57. The van der Waals surface area contributed by atoms with Crippen LogP contribution in [0.4, 0.5) is 0 Å². The zero-order valence-electron chi connectivity index (χ0n) is 6.79. The van der Waals surface area contributed by atoms with E-state index in [9.17, 15) is 4.79 Å². The van der Waals surface area contributed by atoms with Crippen molar-refractivity contribution >= 4 is 11.6 Å². The lowest BCUT2D eigenvalue weighted by Crippen LogP contribution is -2.29. The Morgan fingerprint density at radius 2 is 2.36 bits per heavy atom. The average Bonchev–Trinajstić information content (AvgIpc) is 1.85. The number of hydrogen-bond acceptors (Lipinski definition) is 2. The van der Waals surface area contributed by atoms with E-state index >= 15 is 0 Å². The number of carbonyl (C=O) groups is 1. The summed E-state index contributed by atoms with van der Waals surface area (Å²) >= 11 is 0. The van der Waals surface area contributed by atoms with Crippen LogP contribution >= 0.6 is 0 Å². The van der Waals surface area contributed by atoms with E-state index in [4.69, 9.17) is 5.73 Å². The highest BCUT2D eigenvalue weighted by Gasteiger charge is 2.19. The minimum atomic E-state index is -0.450. The smallest absolute Gasteiger partial charge is 0.266 e. The Hall–Kier alpha value is -1.12. The number of hydrogen-bond donors (Lipinski definition) is 1. The first-order valence-electron chi connectivity index (χ1n) is 3.57. The lowest BCUT2D eigenvalue weighted by molar-refractivity contribution is -0.111. The van der Waals surface area contributed by atoms with Crippen LogP contribution in [0.2, 0.25) is 0 Å². The van der Waals surface area contributed by atoms with Gasteiger partial charge in [-0.3, -0.25) is 9.79 Å². The van der Waals surface area contributed by atoms with Gasteiger partial charge in [-0.15, -0.1) is 0 Å². The summed E-state index contributed by atoms with van der Waals surface area (Å²) in [6, 6.07) is 0. The van der Waals surface area contributed by atoms with Crippen molar-refractivity contribution in [3.63, 3.8) is 0 Å². The molecule has 0 saturated heterocycles. The van der Waals surface area contributed by atoms with Crippen molar-refractivity contribution in [3.05, 3.63) is 12.2 Å². The van der Waals surface area contributed by atoms with Crippen LogP contribution in [0.5, 0.6) is 0 Å². The molecule has 0 fully saturated rings. The molecule has 0 spiro atoms. The number of aliphatic imine (C=N–C) groups is 1. The zero-order valence-corrected chi connectivity index (χ0v) is 6.79. The van der Waals surface area contributed by atoms with E-state index in [-0.39, 0.29) is 5.54 Å². The standard InChI is InChI=1S/C8H12N2O/c1-8(2)5-3-4-6(10-8)7(9)11/h3-4H,5H2,1-2H3,(H2,9,11). The van der Waals surface area contributed by atoms with Gasteiger partial charge < -0.3 is 5.73 Å². The Kier molecular flexibility index (Phi) is 1.81. The Morgan fingerprint density at radius 1 is 1.73 bits per heavy atom. The van der Waals surface area contributed by atoms with Gasteiger partial charge in [0.1, 0.15) is 5.71 Å². The van der Waals surface area contributed by atoms with E-state index < -0.39 is 5.91 Å². The molecule has 0 unspecified atom stereocenters. The van der Waals surface area contributed by atoms with Crippen LogP contribution in [0, 0.1) is 0 Å². The van der Waals surface area contributed by atoms with Crippen molar-refractivity contribution in [1.82, 2.24) is 0 Å². The van der Waals surface area contributed by atoms with Crippen LogP contribution in [-0.2, 0) is 4.79 Å². The maximum absolute atomic E-state index is 10.7. The molecule has 2 N–H and O–H groups in total. The minimum Gasteiger partial charge on any atom is -0.364 e. The molecular weight excluding hydrogens is 140 g/mol. The number of nitrogens with two attached hydrogens (primary N) is 1. The van der Waals surface area contributed by atoms with Gasteiger partial charge in [0.25, 0.3) is 5.91 Å². The second-order valence-corrected chi connectivity index (χ2v) is 3.28. The van der Waals surface area contributed by atoms with Crippen LogP contribution < -0.4 is 5.73 Å². The Labute approximate surface area is 66.0 Å². The summed E-state index contributed by atoms with van der Waals surface area (Å²) < 4.78 is 0. The van der Waals surface area contributed by atoms with Gasteiger partial charge in [-0.1, -0.05) is 6.08 Å². The van der Waals surface area contributed by atoms with Crippen molar-refractivity contribution in [3.8, 4) is 0 Å². The second kappa shape index (κ2) is 2.49. The topological polar surface area (TPSA) is 55.5 Å². The highest BCUT2D eigenvalue weighted by molar-refractivity contribution is 6.43. The maximum Gasteiger partial charge on any atom is 0.266 e. The van der Waals surface area contributed by atoms with Gasteiger partial charge in [-0.05, 0) is 26.3 Å². The van der Waals surface area contributed by atoms with Gasteiger partial charge in [0.05, 0.1) is 5.54 Å². The Bertz CT molecular complexity index is 238. The van der Waals surface area contributed by atoms with E-state index in [0.29, 0.717) is 5.71 Å². The molecule has 0 aromatic rings. The van der Waals surface area contributed by atoms with Crippen LogP contribution in [0.3, 0.4) is 0 Å². The molecule has 0 bridgehead atoms. The molecule has 0 atom stereocenters. The number of carbonyl (C=O) groups excluding carboxylic acids is 1. The molecular formula is C8H12N2O. The number of amides is 1. The number of dihydropyridines is 1. The highest BCUT2D eigenvalue weighted by Crippen LogP contribution is 2.18. The van der Waals surface area contributed by atoms with Gasteiger partial charge in [0, 0.05) is 0 Å². The fourth-order valence-electron chi connectivity index (χ4n) is 1.01. The summed E-state index contributed by atoms with van der Waals surface area (Å²) in [5, 5.41) is 0. The Morgan fingerprint density at radius 3 is 2.73 bits per heavy atom. The number of rotatable bonds is 1. The average molecular weight is 152 g/mol. The summed E-state index contributed by atoms with van der Waals surface area (Å²) in [6.45, 7) is 3.94. The molecule has 11 heavy (non-hydrogen) atoms. The zero-order chi connectivity index (χ0) is 8.48. The van der Waals surface area contributed by atoms with Gasteiger partial charge in [0.2, 0.25) is 0 Å². The van der Waals surface area contributed by atoms with Gasteiger partial charge in [-0.2, -0.15) is 0 Å². The molecule has 0 aliphatic carbocycles. The number of primary amides is 1. The predicted octanol–water partition coefficient (Wildman–Crippen LogP) is 0.651. The minimum absolute atomic E-state index is 0.168. The quantitative estimate of drug-likeness (QED) is 0.589. The second-order valence-electron chi connectivity index (χ2n) is 3.28. The fourth-order valence-corrected chi connectivity index (χ4v) is 1.01. The molecule has 0 aromatic heterocycles. The van der Waals surface area contributed by atoms with Crippen molar-refractivity contribution < 1.29 is 4.79 Å². The van der Waals surface area contributed by atoms with Crippen LogP contribution in [0.15, 0.2) is 17.1 Å². The monoisotopic (exact) mass is 152 g/mol.